The highest BCUT2D eigenvalue weighted by atomic mass is 16.5. The summed E-state index contributed by atoms with van der Waals surface area (Å²) < 4.78 is 9.10. The van der Waals surface area contributed by atoms with Crippen LogP contribution in [0, 0.1) is 0 Å². The zero-order valence-electron chi connectivity index (χ0n) is 16.3. The predicted octanol–water partition coefficient (Wildman–Crippen LogP) is 1.42. The molecule has 0 aliphatic heterocycles. The lowest BCUT2D eigenvalue weighted by molar-refractivity contribution is -0.145. The minimum Gasteiger partial charge on any atom is -0.467 e. The molecule has 28 heavy (non-hydrogen) atoms. The van der Waals surface area contributed by atoms with Gasteiger partial charge in [0, 0.05) is 18.9 Å². The normalized spacial score (nSPS) is 12.7. The van der Waals surface area contributed by atoms with Gasteiger partial charge in [0.15, 0.2) is 0 Å². The van der Waals surface area contributed by atoms with E-state index in [1.807, 2.05) is 37.3 Å². The van der Waals surface area contributed by atoms with Crippen LogP contribution in [-0.4, -0.2) is 44.0 Å². The maximum absolute atomic E-state index is 12.1. The molecule has 0 radical (unpaired) electrons. The number of amides is 2. The molecule has 0 fully saturated rings. The Balaban J connectivity index is 2.48. The number of carbonyl (C=O) groups excluding carboxylic acids is 4. The summed E-state index contributed by atoms with van der Waals surface area (Å²) in [5, 5.41) is 5.32. The van der Waals surface area contributed by atoms with E-state index < -0.39 is 23.9 Å². The number of hydrogen-bond acceptors (Lipinski definition) is 6. The molecule has 2 amide bonds. The second-order valence-electron chi connectivity index (χ2n) is 6.00. The van der Waals surface area contributed by atoms with E-state index in [0.29, 0.717) is 0 Å². The second kappa shape index (κ2) is 12.3. The van der Waals surface area contributed by atoms with E-state index in [9.17, 15) is 19.2 Å². The van der Waals surface area contributed by atoms with Crippen LogP contribution in [0.3, 0.4) is 0 Å². The Labute approximate surface area is 164 Å². The third-order valence-corrected chi connectivity index (χ3v) is 3.90. The van der Waals surface area contributed by atoms with Gasteiger partial charge in [0.05, 0.1) is 20.3 Å². The Hall–Kier alpha value is -3.16. The highest BCUT2D eigenvalue weighted by Gasteiger charge is 2.21. The van der Waals surface area contributed by atoms with Gasteiger partial charge in [0.1, 0.15) is 6.04 Å². The molecule has 152 valence electrons. The summed E-state index contributed by atoms with van der Waals surface area (Å²) in [6.45, 7) is 1.86. The summed E-state index contributed by atoms with van der Waals surface area (Å²) in [5.41, 5.74) is 0.962. The zero-order chi connectivity index (χ0) is 20.9. The Morgan fingerprint density at radius 3 is 2.14 bits per heavy atom. The lowest BCUT2D eigenvalue weighted by atomic mass is 10.1. The number of nitrogens with one attached hydrogen (secondary N) is 2. The SMILES string of the molecule is COC(=O)/C=C/C[C@@H](NC(=O)CCC(=O)N[C@H](C)c1ccccc1)C(=O)OC. The molecule has 0 saturated heterocycles. The van der Waals surface area contributed by atoms with Crippen molar-refractivity contribution in [3.8, 4) is 0 Å². The Bertz CT molecular complexity index is 702. The van der Waals surface area contributed by atoms with Gasteiger partial charge in [-0.1, -0.05) is 36.4 Å². The molecule has 0 unspecified atom stereocenters. The van der Waals surface area contributed by atoms with Crippen LogP contribution in [0.2, 0.25) is 0 Å². The predicted molar refractivity (Wildman–Crippen MR) is 102 cm³/mol. The van der Waals surface area contributed by atoms with Crippen LogP contribution in [-0.2, 0) is 28.7 Å². The topological polar surface area (TPSA) is 111 Å². The summed E-state index contributed by atoms with van der Waals surface area (Å²) in [6, 6.07) is 8.33. The van der Waals surface area contributed by atoms with Gasteiger partial charge in [0.25, 0.3) is 0 Å². The van der Waals surface area contributed by atoms with E-state index in [-0.39, 0.29) is 31.2 Å². The molecule has 1 aromatic rings. The van der Waals surface area contributed by atoms with Crippen LogP contribution in [0.25, 0.3) is 0 Å². The molecular weight excluding hydrogens is 364 g/mol. The Morgan fingerprint density at radius 2 is 1.57 bits per heavy atom. The first-order valence-corrected chi connectivity index (χ1v) is 8.83. The number of benzene rings is 1. The molecule has 2 atom stereocenters. The molecule has 0 aliphatic carbocycles. The van der Waals surface area contributed by atoms with Gasteiger partial charge in [-0.15, -0.1) is 0 Å². The van der Waals surface area contributed by atoms with Crippen molar-refractivity contribution in [3.63, 3.8) is 0 Å². The van der Waals surface area contributed by atoms with Crippen molar-refractivity contribution >= 4 is 23.8 Å². The van der Waals surface area contributed by atoms with Crippen LogP contribution in [0.4, 0.5) is 0 Å². The Kier molecular flexibility index (Phi) is 10.0. The molecule has 0 saturated carbocycles. The maximum atomic E-state index is 12.1. The summed E-state index contributed by atoms with van der Waals surface area (Å²) in [4.78, 5) is 46.9. The molecule has 1 rings (SSSR count). The zero-order valence-corrected chi connectivity index (χ0v) is 16.3. The van der Waals surface area contributed by atoms with Gasteiger partial charge >= 0.3 is 11.9 Å². The van der Waals surface area contributed by atoms with E-state index in [0.717, 1.165) is 11.6 Å². The monoisotopic (exact) mass is 390 g/mol. The van der Waals surface area contributed by atoms with Crippen LogP contribution in [0.1, 0.15) is 37.8 Å². The quantitative estimate of drug-likeness (QED) is 0.462. The highest BCUT2D eigenvalue weighted by molar-refractivity contribution is 5.87. The van der Waals surface area contributed by atoms with E-state index in [1.165, 1.54) is 20.3 Å². The third-order valence-electron chi connectivity index (χ3n) is 3.90. The minimum atomic E-state index is -0.954. The maximum Gasteiger partial charge on any atom is 0.330 e. The van der Waals surface area contributed by atoms with Crippen molar-refractivity contribution in [1.82, 2.24) is 10.6 Å². The van der Waals surface area contributed by atoms with Gasteiger partial charge in [0.2, 0.25) is 11.8 Å². The summed E-state index contributed by atoms with van der Waals surface area (Å²) in [6.07, 6.45) is 2.52. The number of esters is 2. The van der Waals surface area contributed by atoms with Crippen molar-refractivity contribution in [2.24, 2.45) is 0 Å². The third kappa shape index (κ3) is 8.48. The number of rotatable bonds is 10. The van der Waals surface area contributed by atoms with E-state index >= 15 is 0 Å². The average Bonchev–Trinajstić information content (AvgIpc) is 2.71. The van der Waals surface area contributed by atoms with Crippen LogP contribution < -0.4 is 10.6 Å². The van der Waals surface area contributed by atoms with Crippen molar-refractivity contribution < 1.29 is 28.7 Å². The van der Waals surface area contributed by atoms with Crippen LogP contribution >= 0.6 is 0 Å². The second-order valence-corrected chi connectivity index (χ2v) is 6.00. The number of hydrogen-bond donors (Lipinski definition) is 2. The van der Waals surface area contributed by atoms with Crippen molar-refractivity contribution in [2.45, 2.75) is 38.3 Å². The van der Waals surface area contributed by atoms with Gasteiger partial charge in [-0.25, -0.2) is 9.59 Å². The molecule has 8 heteroatoms. The summed E-state index contributed by atoms with van der Waals surface area (Å²) in [7, 11) is 2.43. The molecule has 0 spiro atoms. The van der Waals surface area contributed by atoms with E-state index in [2.05, 4.69) is 20.1 Å². The molecular formula is C20H26N2O6. The van der Waals surface area contributed by atoms with E-state index in [1.54, 1.807) is 0 Å². The van der Waals surface area contributed by atoms with E-state index in [4.69, 9.17) is 0 Å². The highest BCUT2D eigenvalue weighted by Crippen LogP contribution is 2.11. The van der Waals surface area contributed by atoms with Gasteiger partial charge in [-0.3, -0.25) is 9.59 Å². The molecule has 1 aromatic carbocycles. The summed E-state index contributed by atoms with van der Waals surface area (Å²) >= 11 is 0. The number of methoxy groups -OCH3 is 2. The molecule has 0 aliphatic rings. The van der Waals surface area contributed by atoms with Crippen LogP contribution in [0.5, 0.6) is 0 Å². The first-order chi connectivity index (χ1) is 13.4. The van der Waals surface area contributed by atoms with Crippen LogP contribution in [0.15, 0.2) is 42.5 Å². The number of ether oxygens (including phenoxy) is 2. The van der Waals surface area contributed by atoms with Crippen molar-refractivity contribution in [1.29, 1.82) is 0 Å². The van der Waals surface area contributed by atoms with Crippen molar-refractivity contribution in [3.05, 3.63) is 48.0 Å². The fourth-order valence-electron chi connectivity index (χ4n) is 2.36. The minimum absolute atomic E-state index is 0.0189. The molecule has 0 bridgehead atoms. The first kappa shape index (κ1) is 22.9. The standard InChI is InChI=1S/C20H26N2O6/c1-14(15-8-5-4-6-9-15)21-17(23)12-13-18(24)22-16(20(26)28-3)10-7-11-19(25)27-2/h4-9,11,14,16H,10,12-13H2,1-3H3,(H,21,23)(H,22,24)/b11-7+/t14-,16-/m1/s1. The first-order valence-electron chi connectivity index (χ1n) is 8.83. The largest absolute Gasteiger partial charge is 0.467 e. The Morgan fingerprint density at radius 1 is 0.964 bits per heavy atom. The van der Waals surface area contributed by atoms with Gasteiger partial charge in [-0.2, -0.15) is 0 Å². The molecule has 8 nitrogen and oxygen atoms in total. The van der Waals surface area contributed by atoms with Gasteiger partial charge < -0.3 is 20.1 Å². The smallest absolute Gasteiger partial charge is 0.330 e. The van der Waals surface area contributed by atoms with Crippen molar-refractivity contribution in [2.75, 3.05) is 14.2 Å². The fraction of sp³-hybridized carbons (Fsp3) is 0.400. The van der Waals surface area contributed by atoms with Gasteiger partial charge in [-0.05, 0) is 18.9 Å². The molecule has 0 heterocycles. The lowest BCUT2D eigenvalue weighted by Gasteiger charge is -2.16. The summed E-state index contributed by atoms with van der Waals surface area (Å²) in [5.74, 6) is -1.96. The molecule has 2 N–H and O–H groups in total. The lowest BCUT2D eigenvalue weighted by Crippen LogP contribution is -2.41. The molecule has 0 aromatic heterocycles. The number of carbonyl (C=O) groups is 4. The fourth-order valence-corrected chi connectivity index (χ4v) is 2.36. The average molecular weight is 390 g/mol.